The summed E-state index contributed by atoms with van der Waals surface area (Å²) in [5.41, 5.74) is 1.94. The Morgan fingerprint density at radius 1 is 1.09 bits per heavy atom. The van der Waals surface area contributed by atoms with Crippen LogP contribution in [-0.2, 0) is 14.4 Å². The highest BCUT2D eigenvalue weighted by atomic mass is 32.3. The zero-order valence-electron chi connectivity index (χ0n) is 17.9. The number of hydrogen-bond donors (Lipinski definition) is 0. The van der Waals surface area contributed by atoms with Gasteiger partial charge in [-0.05, 0) is 48.6 Å². The molecule has 0 N–H and O–H groups in total. The Balaban J connectivity index is 1.67. The molecule has 0 radical (unpaired) electrons. The molecule has 9 heteroatoms. The van der Waals surface area contributed by atoms with Gasteiger partial charge in [0.25, 0.3) is 0 Å². The number of rotatable bonds is 4. The third-order valence-corrected chi connectivity index (χ3v) is 7.70. The average molecular weight is 454 g/mol. The minimum atomic E-state index is -3.93. The number of alkyl halides is 1. The molecular formula is C23H24FN5O2S. The van der Waals surface area contributed by atoms with E-state index in [1.807, 2.05) is 41.3 Å². The fraction of sp³-hybridized carbons (Fsp3) is 0.348. The van der Waals surface area contributed by atoms with E-state index in [0.29, 0.717) is 43.2 Å². The van der Waals surface area contributed by atoms with E-state index in [4.69, 9.17) is 4.98 Å². The van der Waals surface area contributed by atoms with Gasteiger partial charge in [0.15, 0.2) is 4.90 Å². The van der Waals surface area contributed by atoms with Crippen LogP contribution >= 0.6 is 0 Å². The number of piperidine rings is 1. The Labute approximate surface area is 186 Å². The number of para-hydroxylation sites is 1. The van der Waals surface area contributed by atoms with Gasteiger partial charge in [-0.2, -0.15) is 4.52 Å². The number of nitrogens with zero attached hydrogens (tertiary/aromatic N) is 5. The second-order valence-electron chi connectivity index (χ2n) is 8.47. The van der Waals surface area contributed by atoms with Crippen LogP contribution in [0.15, 0.2) is 58.5 Å². The second kappa shape index (κ2) is 7.90. The van der Waals surface area contributed by atoms with Gasteiger partial charge in [-0.3, -0.25) is 0 Å². The average Bonchev–Trinajstić information content (AvgIpc) is 3.24. The van der Waals surface area contributed by atoms with Crippen LogP contribution in [0.3, 0.4) is 0 Å². The number of aromatic nitrogens is 4. The third kappa shape index (κ3) is 3.45. The lowest BCUT2D eigenvalue weighted by Gasteiger charge is -2.30. The molecule has 0 spiro atoms. The monoisotopic (exact) mass is 453 g/mol. The fourth-order valence-corrected chi connectivity index (χ4v) is 5.38. The van der Waals surface area contributed by atoms with Crippen LogP contribution < -0.4 is 4.90 Å². The van der Waals surface area contributed by atoms with Crippen LogP contribution in [0.1, 0.15) is 38.2 Å². The van der Waals surface area contributed by atoms with Gasteiger partial charge in [-0.1, -0.05) is 52.6 Å². The topological polar surface area (TPSA) is 86.4 Å². The van der Waals surface area contributed by atoms with Crippen molar-refractivity contribution in [1.82, 2.24) is 19.8 Å². The normalized spacial score (nSPS) is 17.3. The molecule has 2 aromatic heterocycles. The first-order valence-electron chi connectivity index (χ1n) is 10.7. The van der Waals surface area contributed by atoms with E-state index in [1.165, 1.54) is 4.52 Å². The SMILES string of the molecule is CC(C)c1ccc([S+](=O)([O-])c2nnn3c2nc(N2CCC(F)CC2)c2ccccc23)cc1. The Hall–Kier alpha value is -2.91. The first-order valence-corrected chi connectivity index (χ1v) is 12.2. The first-order chi connectivity index (χ1) is 15.4. The van der Waals surface area contributed by atoms with Crippen molar-refractivity contribution in [1.29, 1.82) is 0 Å². The summed E-state index contributed by atoms with van der Waals surface area (Å²) in [6.45, 7) is 5.15. The molecule has 32 heavy (non-hydrogen) atoms. The van der Waals surface area contributed by atoms with E-state index in [1.54, 1.807) is 12.1 Å². The molecule has 0 saturated carbocycles. The summed E-state index contributed by atoms with van der Waals surface area (Å²) in [7, 11) is -3.93. The first kappa shape index (κ1) is 21.0. The van der Waals surface area contributed by atoms with Gasteiger partial charge in [0.1, 0.15) is 22.2 Å². The van der Waals surface area contributed by atoms with Gasteiger partial charge in [0, 0.05) is 18.5 Å². The summed E-state index contributed by atoms with van der Waals surface area (Å²) < 4.78 is 42.1. The van der Waals surface area contributed by atoms with Gasteiger partial charge >= 0.3 is 5.03 Å². The van der Waals surface area contributed by atoms with Gasteiger partial charge < -0.3 is 9.45 Å². The predicted molar refractivity (Wildman–Crippen MR) is 121 cm³/mol. The lowest BCUT2D eigenvalue weighted by Crippen LogP contribution is -2.35. The molecule has 3 heterocycles. The van der Waals surface area contributed by atoms with Crippen LogP contribution in [0.5, 0.6) is 0 Å². The van der Waals surface area contributed by atoms with Crippen molar-refractivity contribution in [2.75, 3.05) is 18.0 Å². The largest absolute Gasteiger partial charge is 0.604 e. The smallest absolute Gasteiger partial charge is 0.317 e. The molecule has 2 aromatic carbocycles. The quantitative estimate of drug-likeness (QED) is 0.426. The standard InChI is InChI=1S/C23H24FN5O2S/c1-15(2)16-7-9-18(10-8-16)32(30,31)23-22-25-21(28-13-11-17(24)12-14-28)19-5-3-4-6-20(19)29(22)27-26-23/h3-10,15,17H,11-14H2,1-2H3. The molecule has 1 unspecified atom stereocenters. The summed E-state index contributed by atoms with van der Waals surface area (Å²) in [5.74, 6) is 0.930. The maximum absolute atomic E-state index is 13.7. The number of anilines is 1. The second-order valence-corrected chi connectivity index (χ2v) is 10.3. The lowest BCUT2D eigenvalue weighted by atomic mass is 10.0. The minimum absolute atomic E-state index is 0.152. The van der Waals surface area contributed by atoms with Crippen molar-refractivity contribution in [2.45, 2.75) is 48.7 Å². The molecular weight excluding hydrogens is 429 g/mol. The highest BCUT2D eigenvalue weighted by Gasteiger charge is 2.33. The third-order valence-electron chi connectivity index (χ3n) is 6.04. The zero-order valence-corrected chi connectivity index (χ0v) is 18.8. The summed E-state index contributed by atoms with van der Waals surface area (Å²) in [4.78, 5) is 6.88. The molecule has 1 aliphatic rings. The summed E-state index contributed by atoms with van der Waals surface area (Å²) in [6, 6.07) is 14.4. The molecule has 0 aliphatic carbocycles. The number of halogens is 1. The van der Waals surface area contributed by atoms with Crippen molar-refractivity contribution >= 4 is 32.6 Å². The van der Waals surface area contributed by atoms with E-state index < -0.39 is 16.4 Å². The van der Waals surface area contributed by atoms with Crippen LogP contribution in [0, 0.1) is 0 Å². The van der Waals surface area contributed by atoms with E-state index in [2.05, 4.69) is 24.2 Å². The molecule has 1 aliphatic heterocycles. The highest BCUT2D eigenvalue weighted by molar-refractivity contribution is 7.97. The number of fused-ring (bicyclic) bond motifs is 3. The van der Waals surface area contributed by atoms with E-state index >= 15 is 0 Å². The maximum Gasteiger partial charge on any atom is 0.317 e. The van der Waals surface area contributed by atoms with E-state index in [-0.39, 0.29) is 15.6 Å². The molecule has 1 fully saturated rings. The summed E-state index contributed by atoms with van der Waals surface area (Å²) in [5, 5.41) is 8.81. The van der Waals surface area contributed by atoms with Crippen LogP contribution in [0.25, 0.3) is 16.6 Å². The summed E-state index contributed by atoms with van der Waals surface area (Å²) in [6.07, 6.45) is 0.0283. The van der Waals surface area contributed by atoms with E-state index in [0.717, 1.165) is 10.9 Å². The Kier molecular flexibility index (Phi) is 5.17. The van der Waals surface area contributed by atoms with E-state index in [9.17, 15) is 13.2 Å². The lowest BCUT2D eigenvalue weighted by molar-refractivity contribution is 0.277. The van der Waals surface area contributed by atoms with Crippen molar-refractivity contribution < 1.29 is 13.2 Å². The molecule has 0 amide bonds. The number of hydrogen-bond acceptors (Lipinski definition) is 6. The molecule has 1 saturated heterocycles. The number of benzene rings is 2. The van der Waals surface area contributed by atoms with Gasteiger partial charge in [-0.15, -0.1) is 0 Å². The number of sulfone groups is 1. The molecule has 5 rings (SSSR count). The van der Waals surface area contributed by atoms with Crippen molar-refractivity contribution in [3.05, 3.63) is 54.1 Å². The van der Waals surface area contributed by atoms with Crippen LogP contribution in [0.2, 0.25) is 0 Å². The zero-order chi connectivity index (χ0) is 22.5. The predicted octanol–water partition coefficient (Wildman–Crippen LogP) is 4.39. The van der Waals surface area contributed by atoms with Gasteiger partial charge in [0.2, 0.25) is 5.65 Å². The molecule has 7 nitrogen and oxygen atoms in total. The molecule has 1 atom stereocenters. The fourth-order valence-electron chi connectivity index (χ4n) is 4.15. The van der Waals surface area contributed by atoms with Crippen molar-refractivity contribution in [2.24, 2.45) is 0 Å². The Morgan fingerprint density at radius 3 is 2.47 bits per heavy atom. The Morgan fingerprint density at radius 2 is 1.78 bits per heavy atom. The molecule has 166 valence electrons. The van der Waals surface area contributed by atoms with Crippen LogP contribution in [0.4, 0.5) is 10.2 Å². The minimum Gasteiger partial charge on any atom is -0.604 e. The molecule has 0 bridgehead atoms. The van der Waals surface area contributed by atoms with Crippen LogP contribution in [-0.4, -0.2) is 43.6 Å². The molecule has 4 aromatic rings. The van der Waals surface area contributed by atoms with Crippen molar-refractivity contribution in [3.8, 4) is 0 Å². The summed E-state index contributed by atoms with van der Waals surface area (Å²) >= 11 is 0. The van der Waals surface area contributed by atoms with Crippen molar-refractivity contribution in [3.63, 3.8) is 0 Å². The Bertz CT molecular complexity index is 1330. The highest BCUT2D eigenvalue weighted by Crippen LogP contribution is 2.33. The van der Waals surface area contributed by atoms with Gasteiger partial charge in [-0.25, -0.2) is 9.37 Å². The maximum atomic E-state index is 13.7. The van der Waals surface area contributed by atoms with Gasteiger partial charge in [0.05, 0.1) is 5.52 Å².